The fraction of sp³-hybridized carbons (Fsp3) is 0.512. The number of aromatic nitrogens is 5. The summed E-state index contributed by atoms with van der Waals surface area (Å²) < 4.78 is 17.0. The molecule has 0 spiro atoms. The second-order valence-corrected chi connectivity index (χ2v) is 15.3. The van der Waals surface area contributed by atoms with E-state index in [1.54, 1.807) is 11.6 Å². The summed E-state index contributed by atoms with van der Waals surface area (Å²) in [7, 11) is 1.71. The number of rotatable bonds is 19. The molecule has 1 aliphatic carbocycles. The van der Waals surface area contributed by atoms with Crippen LogP contribution in [0.4, 0.5) is 5.95 Å². The number of imide groups is 1. The maximum absolute atomic E-state index is 13.0. The van der Waals surface area contributed by atoms with Crippen LogP contribution in [0, 0.1) is 0 Å². The van der Waals surface area contributed by atoms with Gasteiger partial charge in [-0.1, -0.05) is 43.7 Å². The number of benzene rings is 2. The number of piperidine rings is 1. The van der Waals surface area contributed by atoms with E-state index in [1.165, 1.54) is 10.1 Å². The zero-order chi connectivity index (χ0) is 39.7. The number of aliphatic hydroxyl groups is 1. The van der Waals surface area contributed by atoms with Gasteiger partial charge in [0.15, 0.2) is 0 Å². The van der Waals surface area contributed by atoms with Crippen molar-refractivity contribution in [3.05, 3.63) is 76.5 Å². The van der Waals surface area contributed by atoms with Crippen LogP contribution >= 0.6 is 0 Å². The fourth-order valence-electron chi connectivity index (χ4n) is 8.01. The molecule has 1 saturated heterocycles. The van der Waals surface area contributed by atoms with E-state index >= 15 is 0 Å². The van der Waals surface area contributed by atoms with E-state index in [0.29, 0.717) is 50.4 Å². The SMILES string of the molecule is CCCCNc1ncc2c(-c3ccc(CNCCOCCOCCCc4ccc5c(c4)n(C)c(=O)n5[C@H]4CCC(=O)NC4=O)cc3)cn(C3CCC(O)CC3)c2n1. The third-order valence-electron chi connectivity index (χ3n) is 11.3. The number of aliphatic hydroxyl groups excluding tert-OH is 1. The van der Waals surface area contributed by atoms with Crippen LogP contribution in [-0.2, 0) is 39.1 Å². The first-order valence-electron chi connectivity index (χ1n) is 20.6. The number of aryl methyl sites for hydroxylation is 2. The Labute approximate surface area is 333 Å². The van der Waals surface area contributed by atoms with Crippen LogP contribution in [0.3, 0.4) is 0 Å². The minimum atomic E-state index is -0.687. The molecular formula is C43H56N8O6. The molecule has 7 rings (SSSR count). The lowest BCUT2D eigenvalue weighted by Gasteiger charge is -2.27. The van der Waals surface area contributed by atoms with Gasteiger partial charge in [-0.25, -0.2) is 9.78 Å². The Morgan fingerprint density at radius 1 is 0.895 bits per heavy atom. The van der Waals surface area contributed by atoms with Crippen LogP contribution in [0.2, 0.25) is 0 Å². The summed E-state index contributed by atoms with van der Waals surface area (Å²) in [4.78, 5) is 46.7. The number of anilines is 1. The van der Waals surface area contributed by atoms with Gasteiger partial charge in [0.05, 0.1) is 37.0 Å². The number of nitrogens with one attached hydrogen (secondary N) is 3. The highest BCUT2D eigenvalue weighted by atomic mass is 16.5. The Balaban J connectivity index is 0.816. The summed E-state index contributed by atoms with van der Waals surface area (Å²) in [5.41, 5.74) is 6.67. The monoisotopic (exact) mass is 780 g/mol. The smallest absolute Gasteiger partial charge is 0.329 e. The molecule has 0 bridgehead atoms. The molecule has 2 aliphatic rings. The molecule has 0 unspecified atom stereocenters. The number of carbonyl (C=O) groups is 2. The predicted octanol–water partition coefficient (Wildman–Crippen LogP) is 5.17. The lowest BCUT2D eigenvalue weighted by atomic mass is 9.93. The number of amides is 2. The summed E-state index contributed by atoms with van der Waals surface area (Å²) in [6.45, 7) is 6.72. The molecule has 2 aromatic carbocycles. The zero-order valence-corrected chi connectivity index (χ0v) is 33.2. The minimum absolute atomic E-state index is 0.208. The molecule has 3 aromatic heterocycles. The van der Waals surface area contributed by atoms with Gasteiger partial charge in [0.2, 0.25) is 17.8 Å². The molecule has 2 amide bonds. The number of unbranched alkanes of at least 4 members (excludes halogenated alkanes) is 1. The molecule has 4 heterocycles. The van der Waals surface area contributed by atoms with Crippen LogP contribution in [-0.4, -0.2) is 86.2 Å². The quantitative estimate of drug-likeness (QED) is 0.0649. The van der Waals surface area contributed by atoms with Gasteiger partial charge in [0.1, 0.15) is 11.7 Å². The first-order chi connectivity index (χ1) is 27.8. The largest absolute Gasteiger partial charge is 0.393 e. The first kappa shape index (κ1) is 40.3. The second kappa shape index (κ2) is 19.0. The van der Waals surface area contributed by atoms with Gasteiger partial charge in [-0.15, -0.1) is 0 Å². The Kier molecular flexibility index (Phi) is 13.5. The van der Waals surface area contributed by atoms with E-state index in [2.05, 4.69) is 62.9 Å². The summed E-state index contributed by atoms with van der Waals surface area (Å²) in [5, 5.41) is 20.4. The lowest BCUT2D eigenvalue weighted by molar-refractivity contribution is -0.135. The molecule has 1 atom stereocenters. The normalized spacial score (nSPS) is 18.8. The van der Waals surface area contributed by atoms with Crippen LogP contribution in [0.15, 0.2) is 59.7 Å². The van der Waals surface area contributed by atoms with Crippen LogP contribution in [0.1, 0.15) is 87.9 Å². The number of fused-ring (bicyclic) bond motifs is 2. The van der Waals surface area contributed by atoms with Gasteiger partial charge >= 0.3 is 5.69 Å². The van der Waals surface area contributed by atoms with Crippen molar-refractivity contribution < 1.29 is 24.2 Å². The topological polar surface area (TPSA) is 167 Å². The lowest BCUT2D eigenvalue weighted by Crippen LogP contribution is -2.44. The number of hydrogen-bond acceptors (Lipinski definition) is 10. The highest BCUT2D eigenvalue weighted by molar-refractivity contribution is 6.00. The van der Waals surface area contributed by atoms with Crippen molar-refractivity contribution in [2.24, 2.45) is 7.05 Å². The predicted molar refractivity (Wildman–Crippen MR) is 220 cm³/mol. The van der Waals surface area contributed by atoms with Crippen molar-refractivity contribution in [3.8, 4) is 11.1 Å². The van der Waals surface area contributed by atoms with E-state index < -0.39 is 11.9 Å². The van der Waals surface area contributed by atoms with Crippen molar-refractivity contribution in [2.75, 3.05) is 44.8 Å². The molecule has 2 fully saturated rings. The summed E-state index contributed by atoms with van der Waals surface area (Å²) in [6, 6.07) is 14.1. The molecule has 4 N–H and O–H groups in total. The molecule has 304 valence electrons. The molecule has 57 heavy (non-hydrogen) atoms. The van der Waals surface area contributed by atoms with Crippen molar-refractivity contribution in [3.63, 3.8) is 0 Å². The van der Waals surface area contributed by atoms with Gasteiger partial charge in [-0.05, 0) is 80.2 Å². The third kappa shape index (κ3) is 9.63. The third-order valence-corrected chi connectivity index (χ3v) is 11.3. The molecule has 14 heteroatoms. The number of ether oxygens (including phenoxy) is 2. The van der Waals surface area contributed by atoms with E-state index in [-0.39, 0.29) is 24.1 Å². The zero-order valence-electron chi connectivity index (χ0n) is 33.2. The maximum atomic E-state index is 13.0. The number of hydrogen-bond donors (Lipinski definition) is 4. The Morgan fingerprint density at radius 2 is 1.67 bits per heavy atom. The highest BCUT2D eigenvalue weighted by Crippen LogP contribution is 2.37. The van der Waals surface area contributed by atoms with Gasteiger partial charge in [0, 0.05) is 69.1 Å². The van der Waals surface area contributed by atoms with Crippen LogP contribution in [0.25, 0.3) is 33.2 Å². The number of carbonyl (C=O) groups excluding carboxylic acids is 2. The average molecular weight is 781 g/mol. The van der Waals surface area contributed by atoms with Crippen molar-refractivity contribution in [1.29, 1.82) is 0 Å². The standard InChI is InChI=1S/C43H56N8O6/c1-3-4-19-45-42-46-27-34-35(28-50(40(34)48-42)32-12-14-33(52)15-13-32)31-10-7-30(8-11-31)26-44-20-22-57-24-23-56-21-5-6-29-9-16-36-38(25-29)49(2)43(55)51(36)37-17-18-39(53)47-41(37)54/h7-11,16,25,27-28,32-33,37,44,52H,3-6,12-15,17-24,26H2,1-2H3,(H,45,46,48)(H,47,53,54)/t32?,33?,37-/m0/s1. The number of nitrogens with zero attached hydrogens (tertiary/aromatic N) is 5. The van der Waals surface area contributed by atoms with E-state index in [0.717, 1.165) is 104 Å². The summed E-state index contributed by atoms with van der Waals surface area (Å²) in [5.74, 6) is -0.0696. The maximum Gasteiger partial charge on any atom is 0.329 e. The fourth-order valence-corrected chi connectivity index (χ4v) is 8.01. The van der Waals surface area contributed by atoms with E-state index in [9.17, 15) is 19.5 Å². The van der Waals surface area contributed by atoms with Gasteiger partial charge in [-0.3, -0.25) is 24.0 Å². The van der Waals surface area contributed by atoms with Gasteiger partial charge in [-0.2, -0.15) is 4.98 Å². The molecule has 1 saturated carbocycles. The number of imidazole rings is 1. The summed E-state index contributed by atoms with van der Waals surface area (Å²) >= 11 is 0. The van der Waals surface area contributed by atoms with E-state index in [4.69, 9.17) is 14.5 Å². The van der Waals surface area contributed by atoms with Crippen LogP contribution in [0.5, 0.6) is 0 Å². The highest BCUT2D eigenvalue weighted by Gasteiger charge is 2.31. The van der Waals surface area contributed by atoms with Gasteiger partial charge in [0.25, 0.3) is 0 Å². The van der Waals surface area contributed by atoms with Gasteiger partial charge < -0.3 is 29.8 Å². The Morgan fingerprint density at radius 3 is 2.44 bits per heavy atom. The van der Waals surface area contributed by atoms with Crippen molar-refractivity contribution in [2.45, 2.75) is 95.9 Å². The Hall–Kier alpha value is -4.89. The second-order valence-electron chi connectivity index (χ2n) is 15.3. The molecule has 0 radical (unpaired) electrons. The molecule has 5 aromatic rings. The molecule has 14 nitrogen and oxygen atoms in total. The average Bonchev–Trinajstić information content (AvgIpc) is 3.71. The molecule has 1 aliphatic heterocycles. The minimum Gasteiger partial charge on any atom is -0.393 e. The van der Waals surface area contributed by atoms with E-state index in [1.807, 2.05) is 24.4 Å². The Bertz CT molecular complexity index is 2200. The van der Waals surface area contributed by atoms with Crippen LogP contribution < -0.4 is 21.6 Å². The first-order valence-corrected chi connectivity index (χ1v) is 20.6. The summed E-state index contributed by atoms with van der Waals surface area (Å²) in [6.07, 6.45) is 11.8. The molecular weight excluding hydrogens is 725 g/mol. The van der Waals surface area contributed by atoms with Crippen molar-refractivity contribution in [1.82, 2.24) is 34.3 Å². The van der Waals surface area contributed by atoms with Crippen molar-refractivity contribution >= 4 is 39.8 Å².